The monoisotopic (exact) mass is 280 g/mol. The Morgan fingerprint density at radius 2 is 2.10 bits per heavy atom. The second kappa shape index (κ2) is 6.70. The molecule has 0 aliphatic carbocycles. The summed E-state index contributed by atoms with van der Waals surface area (Å²) in [6, 6.07) is 3.79. The fourth-order valence-electron chi connectivity index (χ4n) is 2.47. The molecule has 20 heavy (non-hydrogen) atoms. The summed E-state index contributed by atoms with van der Waals surface area (Å²) in [4.78, 5) is 13.9. The zero-order chi connectivity index (χ0) is 14.5. The lowest BCUT2D eigenvalue weighted by molar-refractivity contribution is -0.131. The molecule has 1 aromatic carbocycles. The van der Waals surface area contributed by atoms with Crippen LogP contribution in [0.15, 0.2) is 18.2 Å². The number of carbonyl (C=O) groups is 1. The molecule has 1 aliphatic rings. The number of nitrogens with zero attached hydrogens (tertiary/aromatic N) is 1. The Labute approximate surface area is 118 Å². The number of phenolic OH excluding ortho intramolecular Hbond substituents is 1. The smallest absolute Gasteiger partial charge is 0.236 e. The Kier molecular flexibility index (Phi) is 4.95. The van der Waals surface area contributed by atoms with Crippen LogP contribution in [0.3, 0.4) is 0 Å². The molecule has 0 aromatic heterocycles. The molecular formula is C15H21FN2O2. The van der Waals surface area contributed by atoms with Crippen LogP contribution in [0.4, 0.5) is 4.39 Å². The molecule has 0 saturated carbocycles. The third kappa shape index (κ3) is 3.70. The molecule has 0 radical (unpaired) electrons. The second-order valence-electron chi connectivity index (χ2n) is 5.25. The Morgan fingerprint density at radius 1 is 1.40 bits per heavy atom. The Morgan fingerprint density at radius 3 is 2.75 bits per heavy atom. The molecule has 1 aromatic rings. The maximum atomic E-state index is 13.7. The largest absolute Gasteiger partial charge is 0.508 e. The van der Waals surface area contributed by atoms with E-state index >= 15 is 0 Å². The van der Waals surface area contributed by atoms with Crippen LogP contribution < -0.4 is 5.32 Å². The van der Waals surface area contributed by atoms with Crippen molar-refractivity contribution in [1.29, 1.82) is 0 Å². The van der Waals surface area contributed by atoms with E-state index in [1.54, 1.807) is 6.92 Å². The van der Waals surface area contributed by atoms with Gasteiger partial charge in [-0.25, -0.2) is 4.39 Å². The summed E-state index contributed by atoms with van der Waals surface area (Å²) in [6.07, 6.45) is 3.31. The zero-order valence-corrected chi connectivity index (χ0v) is 11.7. The third-order valence-electron chi connectivity index (χ3n) is 3.72. The Balaban J connectivity index is 1.87. The van der Waals surface area contributed by atoms with Crippen LogP contribution >= 0.6 is 0 Å². The fraction of sp³-hybridized carbons (Fsp3) is 0.533. The van der Waals surface area contributed by atoms with Gasteiger partial charge < -0.3 is 15.3 Å². The van der Waals surface area contributed by atoms with Crippen molar-refractivity contribution in [2.45, 2.75) is 32.2 Å². The number of piperidine rings is 1. The molecule has 0 spiro atoms. The van der Waals surface area contributed by atoms with Gasteiger partial charge in [0.1, 0.15) is 11.6 Å². The number of nitrogens with one attached hydrogen (secondary N) is 1. The van der Waals surface area contributed by atoms with Crippen molar-refractivity contribution >= 4 is 5.91 Å². The first-order chi connectivity index (χ1) is 9.58. The number of likely N-dealkylation sites (tertiary alicyclic amines) is 1. The molecule has 0 bridgehead atoms. The van der Waals surface area contributed by atoms with Gasteiger partial charge in [0.25, 0.3) is 0 Å². The van der Waals surface area contributed by atoms with Crippen LogP contribution in [0.25, 0.3) is 0 Å². The molecule has 4 nitrogen and oxygen atoms in total. The van der Waals surface area contributed by atoms with Gasteiger partial charge in [-0.05, 0) is 32.3 Å². The number of benzene rings is 1. The highest BCUT2D eigenvalue weighted by atomic mass is 19.1. The number of hydrogen-bond acceptors (Lipinski definition) is 3. The van der Waals surface area contributed by atoms with Gasteiger partial charge in [-0.1, -0.05) is 6.07 Å². The maximum Gasteiger partial charge on any atom is 0.236 e. The van der Waals surface area contributed by atoms with Gasteiger partial charge in [-0.3, -0.25) is 4.79 Å². The Bertz CT molecular complexity index is 473. The van der Waals surface area contributed by atoms with Crippen LogP contribution in [-0.2, 0) is 4.79 Å². The zero-order valence-electron chi connectivity index (χ0n) is 11.7. The van der Waals surface area contributed by atoms with Crippen molar-refractivity contribution < 1.29 is 14.3 Å². The predicted molar refractivity (Wildman–Crippen MR) is 74.9 cm³/mol. The van der Waals surface area contributed by atoms with Crippen LogP contribution in [0.2, 0.25) is 0 Å². The number of halogens is 1. The molecule has 2 rings (SSSR count). The van der Waals surface area contributed by atoms with E-state index in [1.807, 2.05) is 4.90 Å². The van der Waals surface area contributed by atoms with Crippen LogP contribution in [0, 0.1) is 5.82 Å². The lowest BCUT2D eigenvalue weighted by atomic mass is 10.1. The van der Waals surface area contributed by atoms with Crippen LogP contribution in [0.1, 0.15) is 37.8 Å². The summed E-state index contributed by atoms with van der Waals surface area (Å²) in [5, 5.41) is 12.2. The minimum Gasteiger partial charge on any atom is -0.508 e. The number of amides is 1. The van der Waals surface area contributed by atoms with E-state index < -0.39 is 5.82 Å². The molecule has 1 amide bonds. The number of hydrogen-bond donors (Lipinski definition) is 2. The average molecular weight is 280 g/mol. The summed E-state index contributed by atoms with van der Waals surface area (Å²) < 4.78 is 13.7. The molecular weight excluding hydrogens is 259 g/mol. The molecule has 5 heteroatoms. The number of carbonyl (C=O) groups excluding carboxylic acids is 1. The standard InChI is InChI=1S/C15H21FN2O2/c1-11(13-6-5-12(19)9-14(13)16)17-10-15(20)18-7-3-2-4-8-18/h5-6,9,11,17,19H,2-4,7-8,10H2,1H3. The van der Waals surface area contributed by atoms with Crippen LogP contribution in [0.5, 0.6) is 5.75 Å². The predicted octanol–water partition coefficient (Wildman–Crippen LogP) is 2.19. The molecule has 1 saturated heterocycles. The highest BCUT2D eigenvalue weighted by Crippen LogP contribution is 2.20. The highest BCUT2D eigenvalue weighted by Gasteiger charge is 2.18. The van der Waals surface area contributed by atoms with Crippen molar-refractivity contribution in [1.82, 2.24) is 10.2 Å². The van der Waals surface area contributed by atoms with Gasteiger partial charge in [0.05, 0.1) is 6.54 Å². The minimum atomic E-state index is -0.463. The van der Waals surface area contributed by atoms with Gasteiger partial charge >= 0.3 is 0 Å². The summed E-state index contributed by atoms with van der Waals surface area (Å²) in [6.45, 7) is 3.66. The first-order valence-corrected chi connectivity index (χ1v) is 7.07. The summed E-state index contributed by atoms with van der Waals surface area (Å²) in [7, 11) is 0. The van der Waals surface area contributed by atoms with E-state index in [1.165, 1.54) is 18.6 Å². The molecule has 2 N–H and O–H groups in total. The summed E-state index contributed by atoms with van der Waals surface area (Å²) >= 11 is 0. The van der Waals surface area contributed by atoms with Crippen LogP contribution in [-0.4, -0.2) is 35.5 Å². The van der Waals surface area contributed by atoms with Crippen molar-refractivity contribution in [3.8, 4) is 5.75 Å². The molecule has 1 atom stereocenters. The van der Waals surface area contributed by atoms with Crippen molar-refractivity contribution in [2.24, 2.45) is 0 Å². The molecule has 110 valence electrons. The third-order valence-corrected chi connectivity index (χ3v) is 3.72. The number of rotatable bonds is 4. The normalized spacial score (nSPS) is 17.0. The van der Waals surface area contributed by atoms with E-state index in [0.717, 1.165) is 32.0 Å². The van der Waals surface area contributed by atoms with Gasteiger partial charge in [0.15, 0.2) is 0 Å². The lowest BCUT2D eigenvalue weighted by Crippen LogP contribution is -2.41. The molecule has 1 unspecified atom stereocenters. The first kappa shape index (κ1) is 14.8. The van der Waals surface area contributed by atoms with E-state index in [0.29, 0.717) is 5.56 Å². The maximum absolute atomic E-state index is 13.7. The molecule has 1 heterocycles. The van der Waals surface area contributed by atoms with Crippen molar-refractivity contribution in [3.63, 3.8) is 0 Å². The van der Waals surface area contributed by atoms with Gasteiger partial charge in [-0.15, -0.1) is 0 Å². The van der Waals surface area contributed by atoms with Gasteiger partial charge in [0, 0.05) is 30.8 Å². The first-order valence-electron chi connectivity index (χ1n) is 7.07. The van der Waals surface area contributed by atoms with E-state index in [4.69, 9.17) is 0 Å². The molecule has 1 aliphatic heterocycles. The van der Waals surface area contributed by atoms with Crippen molar-refractivity contribution in [2.75, 3.05) is 19.6 Å². The van der Waals surface area contributed by atoms with Gasteiger partial charge in [0.2, 0.25) is 5.91 Å². The lowest BCUT2D eigenvalue weighted by Gasteiger charge is -2.27. The Hall–Kier alpha value is -1.62. The van der Waals surface area contributed by atoms with Crippen molar-refractivity contribution in [3.05, 3.63) is 29.6 Å². The minimum absolute atomic E-state index is 0.0655. The van der Waals surface area contributed by atoms with E-state index in [9.17, 15) is 14.3 Å². The van der Waals surface area contributed by atoms with E-state index in [-0.39, 0.29) is 24.2 Å². The summed E-state index contributed by atoms with van der Waals surface area (Å²) in [5.41, 5.74) is 0.453. The van der Waals surface area contributed by atoms with Gasteiger partial charge in [-0.2, -0.15) is 0 Å². The number of aromatic hydroxyl groups is 1. The second-order valence-corrected chi connectivity index (χ2v) is 5.25. The number of phenols is 1. The molecule has 1 fully saturated rings. The SMILES string of the molecule is CC(NCC(=O)N1CCCCC1)c1ccc(O)cc1F. The summed E-state index contributed by atoms with van der Waals surface area (Å²) in [5.74, 6) is -0.492. The average Bonchev–Trinajstić information content (AvgIpc) is 2.45. The topological polar surface area (TPSA) is 52.6 Å². The van der Waals surface area contributed by atoms with E-state index in [2.05, 4.69) is 5.32 Å². The fourth-order valence-corrected chi connectivity index (χ4v) is 2.47. The quantitative estimate of drug-likeness (QED) is 0.889. The highest BCUT2D eigenvalue weighted by molar-refractivity contribution is 5.78.